The van der Waals surface area contributed by atoms with Gasteiger partial charge >= 0.3 is 6.64 Å². The number of anilines is 1. The van der Waals surface area contributed by atoms with Gasteiger partial charge in [-0.3, -0.25) is 4.67 Å². The molecule has 0 aromatic heterocycles. The van der Waals surface area contributed by atoms with E-state index in [1.807, 2.05) is 13.0 Å². The number of hydrogen-bond donors (Lipinski definition) is 0. The number of allylic oxidation sites excluding steroid dienone is 2. The van der Waals surface area contributed by atoms with Crippen molar-refractivity contribution < 1.29 is 9.05 Å². The lowest BCUT2D eigenvalue weighted by Crippen LogP contribution is -2.32. The van der Waals surface area contributed by atoms with Crippen LogP contribution < -0.4 is 4.67 Å². The minimum atomic E-state index is -2.52. The van der Waals surface area contributed by atoms with Crippen LogP contribution in [0.15, 0.2) is 41.8 Å². The van der Waals surface area contributed by atoms with Gasteiger partial charge in [0.25, 0.3) is 0 Å². The molecule has 0 spiro atoms. The maximum atomic E-state index is 6.46. The van der Waals surface area contributed by atoms with Gasteiger partial charge in [-0.25, -0.2) is 0 Å². The average molecular weight is 349 g/mol. The molecule has 2 bridgehead atoms. The number of hydrogen-bond acceptors (Lipinski definition) is 3. The summed E-state index contributed by atoms with van der Waals surface area (Å²) in [5.41, 5.74) is 2.67. The van der Waals surface area contributed by atoms with Crippen molar-refractivity contribution in [2.24, 2.45) is 16.7 Å². The number of rotatable bonds is 3. The third kappa shape index (κ3) is 1.83. The van der Waals surface area contributed by atoms with Crippen LogP contribution in [-0.4, -0.2) is 6.61 Å². The van der Waals surface area contributed by atoms with Crippen LogP contribution in [0.5, 0.6) is 0 Å². The van der Waals surface area contributed by atoms with Gasteiger partial charge < -0.3 is 9.05 Å². The van der Waals surface area contributed by atoms with E-state index in [0.29, 0.717) is 12.5 Å². The number of para-hydroxylation sites is 1. The molecule has 0 N–H and O–H groups in total. The molecule has 1 saturated carbocycles. The second-order valence-electron chi connectivity index (χ2n) is 7.48. The molecule has 3 atom stereocenters. The van der Waals surface area contributed by atoms with Crippen LogP contribution in [0.25, 0.3) is 0 Å². The highest BCUT2D eigenvalue weighted by Gasteiger charge is 2.67. The Morgan fingerprint density at radius 3 is 2.65 bits per heavy atom. The van der Waals surface area contributed by atoms with E-state index in [-0.39, 0.29) is 10.8 Å². The minimum Gasteiger partial charge on any atom is -0.431 e. The van der Waals surface area contributed by atoms with Crippen molar-refractivity contribution in [2.45, 2.75) is 40.5 Å². The first-order valence-corrected chi connectivity index (χ1v) is 11.0. The van der Waals surface area contributed by atoms with E-state index in [0.717, 1.165) is 11.4 Å². The molecule has 3 nitrogen and oxygen atoms in total. The Labute approximate surface area is 143 Å². The molecule has 0 saturated heterocycles. The first-order chi connectivity index (χ1) is 10.9. The second-order valence-corrected chi connectivity index (χ2v) is 10.6. The van der Waals surface area contributed by atoms with Crippen LogP contribution in [0.2, 0.25) is 0 Å². The van der Waals surface area contributed by atoms with E-state index in [4.69, 9.17) is 20.9 Å². The van der Waals surface area contributed by atoms with Gasteiger partial charge in [-0.15, -0.1) is 0 Å². The maximum Gasteiger partial charge on any atom is 0.346 e. The molecule has 3 unspecified atom stereocenters. The summed E-state index contributed by atoms with van der Waals surface area (Å²) in [6.07, 6.45) is 2.38. The highest BCUT2D eigenvalue weighted by molar-refractivity contribution is 8.10. The molecule has 1 aliphatic heterocycles. The monoisotopic (exact) mass is 349 g/mol. The molecular weight excluding hydrogens is 325 g/mol. The van der Waals surface area contributed by atoms with Gasteiger partial charge in [0.05, 0.1) is 18.0 Å². The summed E-state index contributed by atoms with van der Waals surface area (Å²) in [6.45, 7) is 7.14. The Morgan fingerprint density at radius 1 is 1.30 bits per heavy atom. The molecule has 3 aliphatic rings. The molecule has 5 heteroatoms. The van der Waals surface area contributed by atoms with Gasteiger partial charge in [0, 0.05) is 11.3 Å². The van der Waals surface area contributed by atoms with Gasteiger partial charge in [-0.1, -0.05) is 39.0 Å². The molecule has 2 aliphatic carbocycles. The number of nitrogens with zero attached hydrogens (tertiary/aromatic N) is 1. The quantitative estimate of drug-likeness (QED) is 0.676. The lowest BCUT2D eigenvalue weighted by molar-refractivity contribution is 0.125. The van der Waals surface area contributed by atoms with Gasteiger partial charge in [-0.2, -0.15) is 0 Å². The summed E-state index contributed by atoms with van der Waals surface area (Å²) in [5, 5.41) is 0. The Hall–Kier alpha value is -0.830. The number of benzene rings is 1. The average Bonchev–Trinajstić information content (AvgIpc) is 2.99. The Balaban J connectivity index is 1.89. The summed E-state index contributed by atoms with van der Waals surface area (Å²) in [4.78, 5) is 0. The summed E-state index contributed by atoms with van der Waals surface area (Å²) in [7, 11) is 0. The highest BCUT2D eigenvalue weighted by atomic mass is 32.5. The molecule has 1 aromatic carbocycles. The first-order valence-electron chi connectivity index (χ1n) is 8.39. The van der Waals surface area contributed by atoms with E-state index in [9.17, 15) is 0 Å². The zero-order valence-corrected chi connectivity index (χ0v) is 15.9. The van der Waals surface area contributed by atoms with E-state index in [1.165, 1.54) is 18.5 Å². The van der Waals surface area contributed by atoms with Crippen LogP contribution in [0.3, 0.4) is 0 Å². The second kappa shape index (κ2) is 4.84. The lowest BCUT2D eigenvalue weighted by Gasteiger charge is -2.39. The summed E-state index contributed by atoms with van der Waals surface area (Å²) < 4.78 is 14.7. The van der Waals surface area contributed by atoms with Crippen LogP contribution in [-0.2, 0) is 20.9 Å². The molecule has 1 heterocycles. The summed E-state index contributed by atoms with van der Waals surface area (Å²) in [6, 6.07) is 10.4. The van der Waals surface area contributed by atoms with Gasteiger partial charge in [0.2, 0.25) is 0 Å². The molecule has 0 radical (unpaired) electrons. The molecule has 1 aromatic rings. The SMILES string of the molecule is CCOP1(=S)OC2=C(C3CCC2(C)C3(C)C)N1c1ccccc1. The highest BCUT2D eigenvalue weighted by Crippen LogP contribution is 2.77. The van der Waals surface area contributed by atoms with Gasteiger partial charge in [-0.05, 0) is 49.1 Å². The third-order valence-electron chi connectivity index (χ3n) is 6.26. The fraction of sp³-hybridized carbons (Fsp3) is 0.556. The van der Waals surface area contributed by atoms with Crippen molar-refractivity contribution in [3.05, 3.63) is 41.8 Å². The zero-order chi connectivity index (χ0) is 16.5. The van der Waals surface area contributed by atoms with Gasteiger partial charge in [0.1, 0.15) is 5.76 Å². The van der Waals surface area contributed by atoms with Crippen molar-refractivity contribution in [2.75, 3.05) is 11.3 Å². The zero-order valence-electron chi connectivity index (χ0n) is 14.2. The minimum absolute atomic E-state index is 0.0672. The lowest BCUT2D eigenvalue weighted by atomic mass is 9.70. The van der Waals surface area contributed by atoms with Crippen LogP contribution >= 0.6 is 6.64 Å². The van der Waals surface area contributed by atoms with Crippen molar-refractivity contribution in [1.29, 1.82) is 0 Å². The predicted molar refractivity (Wildman–Crippen MR) is 97.6 cm³/mol. The third-order valence-corrected chi connectivity index (χ3v) is 9.23. The first kappa shape index (κ1) is 15.7. The van der Waals surface area contributed by atoms with Crippen molar-refractivity contribution in [3.8, 4) is 0 Å². The molecule has 4 rings (SSSR count). The van der Waals surface area contributed by atoms with Crippen molar-refractivity contribution in [3.63, 3.8) is 0 Å². The Bertz CT molecular complexity index is 730. The maximum absolute atomic E-state index is 6.46. The van der Waals surface area contributed by atoms with Crippen LogP contribution in [0, 0.1) is 16.7 Å². The molecule has 124 valence electrons. The fourth-order valence-corrected chi connectivity index (χ4v) is 7.70. The standard InChI is InChI=1S/C18H24NO2PS/c1-5-20-22(23)19(13-9-7-6-8-10-13)15-14-11-12-18(4,16(15)21-22)17(14,2)3/h6-10,14H,5,11-12H2,1-4H3. The van der Waals surface area contributed by atoms with E-state index < -0.39 is 6.64 Å². The van der Waals surface area contributed by atoms with Gasteiger partial charge in [0.15, 0.2) is 0 Å². The normalized spacial score (nSPS) is 37.2. The van der Waals surface area contributed by atoms with E-state index >= 15 is 0 Å². The fourth-order valence-electron chi connectivity index (χ4n) is 4.60. The Morgan fingerprint density at radius 2 is 2.00 bits per heavy atom. The van der Waals surface area contributed by atoms with Crippen LogP contribution in [0.1, 0.15) is 40.5 Å². The topological polar surface area (TPSA) is 21.7 Å². The molecule has 0 amide bonds. The molecular formula is C18H24NO2PS. The molecule has 23 heavy (non-hydrogen) atoms. The summed E-state index contributed by atoms with van der Waals surface area (Å²) >= 11 is 5.93. The van der Waals surface area contributed by atoms with Crippen molar-refractivity contribution >= 4 is 24.1 Å². The Kier molecular flexibility index (Phi) is 3.30. The van der Waals surface area contributed by atoms with Crippen LogP contribution in [0.4, 0.5) is 5.69 Å². The summed E-state index contributed by atoms with van der Waals surface area (Å²) in [5.74, 6) is 1.60. The smallest absolute Gasteiger partial charge is 0.346 e. The predicted octanol–water partition coefficient (Wildman–Crippen LogP) is 5.45. The van der Waals surface area contributed by atoms with E-state index in [1.54, 1.807) is 0 Å². The van der Waals surface area contributed by atoms with E-state index in [2.05, 4.69) is 49.7 Å². The van der Waals surface area contributed by atoms with Crippen molar-refractivity contribution in [1.82, 2.24) is 0 Å². The number of fused-ring (bicyclic) bond motifs is 4. The largest absolute Gasteiger partial charge is 0.431 e. The molecule has 1 fully saturated rings.